The van der Waals surface area contributed by atoms with Crippen LogP contribution in [0.2, 0.25) is 5.02 Å². The van der Waals surface area contributed by atoms with Gasteiger partial charge in [0.15, 0.2) is 0 Å². The summed E-state index contributed by atoms with van der Waals surface area (Å²) in [6.45, 7) is 0.677. The van der Waals surface area contributed by atoms with E-state index in [9.17, 15) is 22.4 Å². The lowest BCUT2D eigenvalue weighted by atomic mass is 10.1. The van der Waals surface area contributed by atoms with Gasteiger partial charge in [-0.05, 0) is 25.1 Å². The first-order valence-electron chi connectivity index (χ1n) is 9.03. The van der Waals surface area contributed by atoms with Crippen LogP contribution in [0, 0.1) is 5.82 Å². The molecule has 0 saturated carbocycles. The first kappa shape index (κ1) is 23.6. The zero-order chi connectivity index (χ0) is 22.5. The molecule has 0 fully saturated rings. The van der Waals surface area contributed by atoms with E-state index in [1.807, 2.05) is 0 Å². The van der Waals surface area contributed by atoms with Gasteiger partial charge in [0.25, 0.3) is 0 Å². The summed E-state index contributed by atoms with van der Waals surface area (Å²) < 4.78 is 39.8. The highest BCUT2D eigenvalue weighted by atomic mass is 35.5. The van der Waals surface area contributed by atoms with E-state index in [0.29, 0.717) is 0 Å². The number of hydrogen-bond acceptors (Lipinski definition) is 4. The lowest BCUT2D eigenvalue weighted by molar-refractivity contribution is -0.139. The SMILES string of the molecule is CNC(=O)C(C)N(Cc1ccccc1F)C(=O)CN(c1ccccc1Cl)S(C)(=O)=O. The van der Waals surface area contributed by atoms with Gasteiger partial charge in [0.1, 0.15) is 18.4 Å². The van der Waals surface area contributed by atoms with Crippen LogP contribution in [0.25, 0.3) is 0 Å². The molecule has 2 rings (SSSR count). The number of carbonyl (C=O) groups is 2. The molecule has 0 radical (unpaired) electrons. The van der Waals surface area contributed by atoms with E-state index in [1.54, 1.807) is 18.2 Å². The Morgan fingerprint density at radius 3 is 2.30 bits per heavy atom. The fraction of sp³-hybridized carbons (Fsp3) is 0.300. The minimum atomic E-state index is -3.87. The molecule has 2 amide bonds. The van der Waals surface area contributed by atoms with Crippen LogP contribution >= 0.6 is 11.6 Å². The molecule has 0 spiro atoms. The fourth-order valence-electron chi connectivity index (χ4n) is 2.85. The van der Waals surface area contributed by atoms with E-state index in [4.69, 9.17) is 11.6 Å². The van der Waals surface area contributed by atoms with E-state index in [0.717, 1.165) is 15.5 Å². The van der Waals surface area contributed by atoms with Gasteiger partial charge >= 0.3 is 0 Å². The lowest BCUT2D eigenvalue weighted by Crippen LogP contribution is -2.50. The number of nitrogens with one attached hydrogen (secondary N) is 1. The van der Waals surface area contributed by atoms with Crippen molar-refractivity contribution >= 4 is 39.1 Å². The van der Waals surface area contributed by atoms with Gasteiger partial charge in [0, 0.05) is 19.2 Å². The number of carbonyl (C=O) groups excluding carboxylic acids is 2. The van der Waals surface area contributed by atoms with Gasteiger partial charge in [-0.3, -0.25) is 13.9 Å². The third-order valence-electron chi connectivity index (χ3n) is 4.51. The van der Waals surface area contributed by atoms with Crippen molar-refractivity contribution < 1.29 is 22.4 Å². The number of halogens is 2. The van der Waals surface area contributed by atoms with Crippen LogP contribution < -0.4 is 9.62 Å². The molecule has 0 aliphatic carbocycles. The molecule has 0 heterocycles. The summed E-state index contributed by atoms with van der Waals surface area (Å²) in [4.78, 5) is 26.5. The Labute approximate surface area is 180 Å². The molecule has 1 atom stereocenters. The van der Waals surface area contributed by atoms with Crippen LogP contribution in [0.1, 0.15) is 12.5 Å². The number of anilines is 1. The standard InChI is InChI=1S/C20H23ClFN3O4S/c1-14(20(27)23-2)24(12-15-8-4-6-10-17(15)22)19(26)13-25(30(3,28)29)18-11-7-5-9-16(18)21/h4-11,14H,12-13H2,1-3H3,(H,23,27). The van der Waals surface area contributed by atoms with Crippen LogP contribution in [0.5, 0.6) is 0 Å². The number of rotatable bonds is 8. The maximum absolute atomic E-state index is 14.2. The maximum Gasteiger partial charge on any atom is 0.244 e. The molecule has 0 aromatic heterocycles. The summed E-state index contributed by atoms with van der Waals surface area (Å²) in [5.74, 6) is -1.69. The predicted octanol–water partition coefficient (Wildman–Crippen LogP) is 2.41. The Balaban J connectivity index is 2.41. The second kappa shape index (κ2) is 9.90. The predicted molar refractivity (Wildman–Crippen MR) is 114 cm³/mol. The monoisotopic (exact) mass is 455 g/mol. The average Bonchev–Trinajstić information content (AvgIpc) is 2.70. The van der Waals surface area contributed by atoms with E-state index in [2.05, 4.69) is 5.32 Å². The van der Waals surface area contributed by atoms with Crippen LogP contribution in [0.3, 0.4) is 0 Å². The molecule has 0 aliphatic rings. The zero-order valence-corrected chi connectivity index (χ0v) is 18.4. The largest absolute Gasteiger partial charge is 0.357 e. The number of sulfonamides is 1. The van der Waals surface area contributed by atoms with Crippen molar-refractivity contribution in [3.05, 3.63) is 64.9 Å². The topological polar surface area (TPSA) is 86.8 Å². The maximum atomic E-state index is 14.2. The summed E-state index contributed by atoms with van der Waals surface area (Å²) in [5, 5.41) is 2.59. The molecule has 2 aromatic carbocycles. The Kier molecular flexibility index (Phi) is 7.80. The van der Waals surface area contributed by atoms with Crippen molar-refractivity contribution in [3.63, 3.8) is 0 Å². The molecule has 162 valence electrons. The summed E-state index contributed by atoms with van der Waals surface area (Å²) in [6, 6.07) is 11.1. The number of likely N-dealkylation sites (N-methyl/N-ethyl adjacent to an activating group) is 1. The van der Waals surface area contributed by atoms with E-state index in [-0.39, 0.29) is 22.8 Å². The Morgan fingerprint density at radius 1 is 1.13 bits per heavy atom. The first-order valence-corrected chi connectivity index (χ1v) is 11.3. The van der Waals surface area contributed by atoms with Crippen molar-refractivity contribution in [2.45, 2.75) is 19.5 Å². The normalized spacial score (nSPS) is 12.2. The summed E-state index contributed by atoms with van der Waals surface area (Å²) in [6.07, 6.45) is 0.951. The van der Waals surface area contributed by atoms with Gasteiger partial charge in [0.05, 0.1) is 17.0 Å². The van der Waals surface area contributed by atoms with Crippen molar-refractivity contribution in [2.24, 2.45) is 0 Å². The van der Waals surface area contributed by atoms with Crippen molar-refractivity contribution in [1.82, 2.24) is 10.2 Å². The highest BCUT2D eigenvalue weighted by Gasteiger charge is 2.30. The second-order valence-electron chi connectivity index (χ2n) is 6.62. The second-order valence-corrected chi connectivity index (χ2v) is 8.94. The van der Waals surface area contributed by atoms with E-state index < -0.39 is 40.2 Å². The fourth-order valence-corrected chi connectivity index (χ4v) is 4.00. The number of hydrogen-bond donors (Lipinski definition) is 1. The van der Waals surface area contributed by atoms with Gasteiger partial charge in [0.2, 0.25) is 21.8 Å². The summed E-state index contributed by atoms with van der Waals surface area (Å²) in [5.41, 5.74) is 0.332. The molecular weight excluding hydrogens is 433 g/mol. The average molecular weight is 456 g/mol. The van der Waals surface area contributed by atoms with Gasteiger partial charge in [-0.2, -0.15) is 0 Å². The van der Waals surface area contributed by atoms with Crippen molar-refractivity contribution in [1.29, 1.82) is 0 Å². The highest BCUT2D eigenvalue weighted by molar-refractivity contribution is 7.92. The van der Waals surface area contributed by atoms with Crippen LogP contribution in [0.15, 0.2) is 48.5 Å². The molecule has 0 saturated heterocycles. The van der Waals surface area contributed by atoms with Gasteiger partial charge in [-0.25, -0.2) is 12.8 Å². The van der Waals surface area contributed by atoms with Crippen LogP contribution in [-0.4, -0.2) is 51.0 Å². The van der Waals surface area contributed by atoms with Gasteiger partial charge in [-0.1, -0.05) is 41.9 Å². The Morgan fingerprint density at radius 2 is 1.73 bits per heavy atom. The zero-order valence-electron chi connectivity index (χ0n) is 16.8. The molecule has 1 unspecified atom stereocenters. The Hall–Kier alpha value is -2.65. The van der Waals surface area contributed by atoms with Gasteiger partial charge in [-0.15, -0.1) is 0 Å². The molecule has 1 N–H and O–H groups in total. The molecule has 0 bridgehead atoms. The molecule has 2 aromatic rings. The quantitative estimate of drug-likeness (QED) is 0.662. The molecule has 30 heavy (non-hydrogen) atoms. The van der Waals surface area contributed by atoms with E-state index >= 15 is 0 Å². The smallest absolute Gasteiger partial charge is 0.244 e. The summed E-state index contributed by atoms with van der Waals surface area (Å²) >= 11 is 6.13. The lowest BCUT2D eigenvalue weighted by Gasteiger charge is -2.31. The molecule has 10 heteroatoms. The van der Waals surface area contributed by atoms with Crippen LogP contribution in [0.4, 0.5) is 10.1 Å². The third-order valence-corrected chi connectivity index (χ3v) is 5.96. The Bertz CT molecular complexity index is 1030. The van der Waals surface area contributed by atoms with Gasteiger partial charge < -0.3 is 10.2 Å². The number of nitrogens with zero attached hydrogens (tertiary/aromatic N) is 2. The van der Waals surface area contributed by atoms with Crippen molar-refractivity contribution in [3.8, 4) is 0 Å². The number of para-hydroxylation sites is 1. The molecule has 7 nitrogen and oxygen atoms in total. The third kappa shape index (κ3) is 5.70. The minimum absolute atomic E-state index is 0.133. The first-order chi connectivity index (χ1) is 14.1. The molecule has 0 aliphatic heterocycles. The summed E-state index contributed by atoms with van der Waals surface area (Å²) in [7, 11) is -2.46. The highest BCUT2D eigenvalue weighted by Crippen LogP contribution is 2.27. The number of amides is 2. The van der Waals surface area contributed by atoms with E-state index in [1.165, 1.54) is 44.3 Å². The van der Waals surface area contributed by atoms with Crippen molar-refractivity contribution in [2.75, 3.05) is 24.2 Å². The minimum Gasteiger partial charge on any atom is -0.357 e. The van der Waals surface area contributed by atoms with Crippen LogP contribution in [-0.2, 0) is 26.2 Å². The number of benzene rings is 2. The molecular formula is C20H23ClFN3O4S.